The number of pyridine rings is 1. The van der Waals surface area contributed by atoms with Gasteiger partial charge in [-0.15, -0.1) is 0 Å². The Kier molecular flexibility index (Phi) is 4.81. The van der Waals surface area contributed by atoms with E-state index in [2.05, 4.69) is 10.3 Å². The molecule has 2 aromatic rings. The van der Waals surface area contributed by atoms with Crippen LogP contribution in [-0.2, 0) is 6.42 Å². The lowest BCUT2D eigenvalue weighted by molar-refractivity contribution is 0.0948. The molecule has 0 radical (unpaired) electrons. The molecule has 21 heavy (non-hydrogen) atoms. The maximum atomic E-state index is 13.4. The predicted octanol–water partition coefficient (Wildman–Crippen LogP) is 2.34. The highest BCUT2D eigenvalue weighted by atomic mass is 19.2. The molecule has 0 saturated carbocycles. The van der Waals surface area contributed by atoms with Gasteiger partial charge in [-0.1, -0.05) is 12.1 Å². The number of benzene rings is 1. The van der Waals surface area contributed by atoms with Crippen molar-refractivity contribution in [1.82, 2.24) is 10.3 Å². The summed E-state index contributed by atoms with van der Waals surface area (Å²) in [6, 6.07) is 8.51. The van der Waals surface area contributed by atoms with E-state index in [1.807, 2.05) is 24.3 Å². The Hall–Kier alpha value is -2.50. The van der Waals surface area contributed by atoms with E-state index in [1.54, 1.807) is 7.11 Å². The van der Waals surface area contributed by atoms with E-state index < -0.39 is 17.7 Å². The highest BCUT2D eigenvalue weighted by Gasteiger charge is 2.15. The first kappa shape index (κ1) is 14.9. The fourth-order valence-corrected chi connectivity index (χ4v) is 1.80. The first-order valence-corrected chi connectivity index (χ1v) is 6.33. The van der Waals surface area contributed by atoms with Crippen molar-refractivity contribution < 1.29 is 18.3 Å². The summed E-state index contributed by atoms with van der Waals surface area (Å²) in [5.74, 6) is -2.43. The summed E-state index contributed by atoms with van der Waals surface area (Å²) >= 11 is 0. The van der Waals surface area contributed by atoms with Crippen LogP contribution in [0.3, 0.4) is 0 Å². The number of aromatic nitrogens is 1. The largest absolute Gasteiger partial charge is 0.497 e. The number of carbonyl (C=O) groups excluding carboxylic acids is 1. The number of nitrogens with one attached hydrogen (secondary N) is 1. The van der Waals surface area contributed by atoms with E-state index >= 15 is 0 Å². The zero-order chi connectivity index (χ0) is 15.2. The van der Waals surface area contributed by atoms with Crippen LogP contribution in [0, 0.1) is 11.8 Å². The van der Waals surface area contributed by atoms with Gasteiger partial charge in [-0.2, -0.15) is 4.39 Å². The van der Waals surface area contributed by atoms with Crippen LogP contribution >= 0.6 is 0 Å². The van der Waals surface area contributed by atoms with Gasteiger partial charge in [0.25, 0.3) is 5.91 Å². The maximum absolute atomic E-state index is 13.4. The number of amides is 1. The molecule has 4 nitrogen and oxygen atoms in total. The lowest BCUT2D eigenvalue weighted by atomic mass is 10.1. The van der Waals surface area contributed by atoms with Crippen LogP contribution in [0.15, 0.2) is 36.5 Å². The Balaban J connectivity index is 1.90. The molecule has 1 aromatic carbocycles. The molecule has 0 aliphatic carbocycles. The predicted molar refractivity (Wildman–Crippen MR) is 73.2 cm³/mol. The SMILES string of the molecule is COc1ccc(CCNC(=O)c2ccnc(F)c2F)cc1. The van der Waals surface area contributed by atoms with Crippen LogP contribution in [0.4, 0.5) is 8.78 Å². The Morgan fingerprint density at radius 3 is 2.62 bits per heavy atom. The highest BCUT2D eigenvalue weighted by Crippen LogP contribution is 2.12. The van der Waals surface area contributed by atoms with Crippen LogP contribution in [0.5, 0.6) is 5.75 Å². The first-order chi connectivity index (χ1) is 10.1. The smallest absolute Gasteiger partial charge is 0.254 e. The van der Waals surface area contributed by atoms with Crippen molar-refractivity contribution in [3.05, 3.63) is 59.4 Å². The van der Waals surface area contributed by atoms with Gasteiger partial charge in [0.15, 0.2) is 5.82 Å². The number of ether oxygens (including phenoxy) is 1. The monoisotopic (exact) mass is 292 g/mol. The summed E-state index contributed by atoms with van der Waals surface area (Å²) in [5.41, 5.74) is 0.648. The van der Waals surface area contributed by atoms with Gasteiger partial charge in [0.05, 0.1) is 12.7 Å². The molecule has 6 heteroatoms. The second-order valence-electron chi connectivity index (χ2n) is 4.32. The minimum atomic E-state index is -1.28. The van der Waals surface area contributed by atoms with E-state index in [9.17, 15) is 13.6 Å². The first-order valence-electron chi connectivity index (χ1n) is 6.33. The normalized spacial score (nSPS) is 10.2. The fraction of sp³-hybridized carbons (Fsp3) is 0.200. The minimum absolute atomic E-state index is 0.314. The molecule has 1 aromatic heterocycles. The van der Waals surface area contributed by atoms with Crippen molar-refractivity contribution in [2.75, 3.05) is 13.7 Å². The maximum Gasteiger partial charge on any atom is 0.254 e. The number of rotatable bonds is 5. The number of hydrogen-bond acceptors (Lipinski definition) is 3. The quantitative estimate of drug-likeness (QED) is 0.861. The second-order valence-corrected chi connectivity index (χ2v) is 4.32. The summed E-state index contributed by atoms with van der Waals surface area (Å²) in [6.07, 6.45) is 1.63. The average Bonchev–Trinajstić information content (AvgIpc) is 2.50. The van der Waals surface area contributed by atoms with Gasteiger partial charge < -0.3 is 10.1 Å². The third-order valence-corrected chi connectivity index (χ3v) is 2.95. The molecule has 0 aliphatic heterocycles. The standard InChI is InChI=1S/C15H14F2N2O2/c1-21-11-4-2-10(3-5-11)6-8-19-15(20)12-7-9-18-14(17)13(12)16/h2-5,7,9H,6,8H2,1H3,(H,19,20). The van der Waals surface area contributed by atoms with Crippen LogP contribution in [0.25, 0.3) is 0 Å². The third-order valence-electron chi connectivity index (χ3n) is 2.95. The molecule has 0 aliphatic rings. The van der Waals surface area contributed by atoms with Gasteiger partial charge in [0, 0.05) is 12.7 Å². The summed E-state index contributed by atoms with van der Waals surface area (Å²) in [7, 11) is 1.58. The van der Waals surface area contributed by atoms with Gasteiger partial charge in [0.2, 0.25) is 5.95 Å². The molecule has 0 saturated heterocycles. The van der Waals surface area contributed by atoms with E-state index in [-0.39, 0.29) is 5.56 Å². The van der Waals surface area contributed by atoms with Crippen molar-refractivity contribution in [3.8, 4) is 5.75 Å². The highest BCUT2D eigenvalue weighted by molar-refractivity contribution is 5.94. The van der Waals surface area contributed by atoms with Gasteiger partial charge in [-0.05, 0) is 30.2 Å². The molecule has 1 amide bonds. The van der Waals surface area contributed by atoms with Gasteiger partial charge in [-0.25, -0.2) is 9.37 Å². The molecule has 2 rings (SSSR count). The lowest BCUT2D eigenvalue weighted by Crippen LogP contribution is -2.27. The summed E-state index contributed by atoms with van der Waals surface area (Å²) < 4.78 is 31.3. The third kappa shape index (κ3) is 3.75. The van der Waals surface area contributed by atoms with Gasteiger partial charge >= 0.3 is 0 Å². The number of halogens is 2. The number of hydrogen-bond donors (Lipinski definition) is 1. The van der Waals surface area contributed by atoms with Gasteiger partial charge in [0.1, 0.15) is 5.75 Å². The van der Waals surface area contributed by atoms with E-state index in [0.29, 0.717) is 13.0 Å². The number of nitrogens with zero attached hydrogens (tertiary/aromatic N) is 1. The average molecular weight is 292 g/mol. The Morgan fingerprint density at radius 2 is 1.95 bits per heavy atom. The van der Waals surface area contributed by atoms with Crippen LogP contribution in [0.1, 0.15) is 15.9 Å². The Morgan fingerprint density at radius 1 is 1.24 bits per heavy atom. The molecule has 0 fully saturated rings. The summed E-state index contributed by atoms with van der Waals surface area (Å²) in [4.78, 5) is 14.9. The van der Waals surface area contributed by atoms with Crippen LogP contribution in [-0.4, -0.2) is 24.5 Å². The fourth-order valence-electron chi connectivity index (χ4n) is 1.80. The molecule has 0 bridgehead atoms. The Bertz CT molecular complexity index is 630. The van der Waals surface area contributed by atoms with Crippen molar-refractivity contribution >= 4 is 5.91 Å². The Labute approximate surface area is 120 Å². The van der Waals surface area contributed by atoms with Crippen molar-refractivity contribution in [1.29, 1.82) is 0 Å². The lowest BCUT2D eigenvalue weighted by Gasteiger charge is -2.07. The van der Waals surface area contributed by atoms with Crippen LogP contribution < -0.4 is 10.1 Å². The van der Waals surface area contributed by atoms with Crippen molar-refractivity contribution in [2.24, 2.45) is 0 Å². The molecule has 1 heterocycles. The molecule has 0 spiro atoms. The summed E-state index contributed by atoms with van der Waals surface area (Å²) in [5, 5.41) is 2.54. The number of carbonyl (C=O) groups is 1. The topological polar surface area (TPSA) is 51.2 Å². The second kappa shape index (κ2) is 6.78. The molecule has 0 atom stereocenters. The van der Waals surface area contributed by atoms with E-state index in [4.69, 9.17) is 4.74 Å². The molecule has 0 unspecified atom stereocenters. The molecular weight excluding hydrogens is 278 g/mol. The van der Waals surface area contributed by atoms with Crippen molar-refractivity contribution in [3.63, 3.8) is 0 Å². The van der Waals surface area contributed by atoms with E-state index in [1.165, 1.54) is 0 Å². The van der Waals surface area contributed by atoms with Gasteiger partial charge in [-0.3, -0.25) is 4.79 Å². The van der Waals surface area contributed by atoms with Crippen molar-refractivity contribution in [2.45, 2.75) is 6.42 Å². The molecule has 1 N–H and O–H groups in total. The van der Waals surface area contributed by atoms with Crippen LogP contribution in [0.2, 0.25) is 0 Å². The molecule has 110 valence electrons. The van der Waals surface area contributed by atoms with E-state index in [0.717, 1.165) is 23.6 Å². The summed E-state index contributed by atoms with van der Waals surface area (Å²) in [6.45, 7) is 0.314. The zero-order valence-corrected chi connectivity index (χ0v) is 11.4. The molecular formula is C15H14F2N2O2. The zero-order valence-electron chi connectivity index (χ0n) is 11.4. The number of methoxy groups -OCH3 is 1. The minimum Gasteiger partial charge on any atom is -0.497 e.